The molecular formula is C20H18N4O5S. The molecule has 0 saturated heterocycles. The van der Waals surface area contributed by atoms with Crippen molar-refractivity contribution in [3.8, 4) is 23.0 Å². The number of nitrogens with zero attached hydrogens (tertiary/aromatic N) is 2. The maximum atomic E-state index is 12.0. The van der Waals surface area contributed by atoms with E-state index in [0.29, 0.717) is 28.6 Å². The zero-order valence-corrected chi connectivity index (χ0v) is 17.0. The third-order valence-electron chi connectivity index (χ3n) is 4.24. The van der Waals surface area contributed by atoms with Crippen LogP contribution in [-0.2, 0) is 4.79 Å². The quantitative estimate of drug-likeness (QED) is 0.596. The Labute approximate surface area is 176 Å². The molecule has 0 saturated carbocycles. The van der Waals surface area contributed by atoms with Crippen LogP contribution in [0.2, 0.25) is 0 Å². The second-order valence-corrected chi connectivity index (χ2v) is 7.48. The summed E-state index contributed by atoms with van der Waals surface area (Å²) in [5.74, 6) is 1.02. The maximum absolute atomic E-state index is 12.0. The van der Waals surface area contributed by atoms with E-state index in [2.05, 4.69) is 20.8 Å². The predicted octanol–water partition coefficient (Wildman–Crippen LogP) is 3.52. The van der Waals surface area contributed by atoms with Crippen molar-refractivity contribution in [1.29, 1.82) is 0 Å². The summed E-state index contributed by atoms with van der Waals surface area (Å²) < 4.78 is 16.2. The van der Waals surface area contributed by atoms with Crippen molar-refractivity contribution in [2.24, 2.45) is 0 Å². The van der Waals surface area contributed by atoms with Crippen molar-refractivity contribution < 1.29 is 23.5 Å². The lowest BCUT2D eigenvalue weighted by molar-refractivity contribution is -0.117. The highest BCUT2D eigenvalue weighted by atomic mass is 32.2. The van der Waals surface area contributed by atoms with Gasteiger partial charge >= 0.3 is 6.03 Å². The fourth-order valence-corrected chi connectivity index (χ4v) is 3.37. The molecule has 0 aliphatic carbocycles. The van der Waals surface area contributed by atoms with Crippen LogP contribution >= 0.6 is 11.8 Å². The van der Waals surface area contributed by atoms with Gasteiger partial charge in [-0.25, -0.2) is 4.79 Å². The van der Waals surface area contributed by atoms with Crippen LogP contribution in [0.3, 0.4) is 0 Å². The topological polar surface area (TPSA) is 116 Å². The number of rotatable bonds is 5. The summed E-state index contributed by atoms with van der Waals surface area (Å²) in [6.07, 6.45) is 0. The zero-order chi connectivity index (χ0) is 21.1. The summed E-state index contributed by atoms with van der Waals surface area (Å²) >= 11 is 1.03. The largest absolute Gasteiger partial charge is 0.454 e. The Morgan fingerprint density at radius 3 is 2.73 bits per heavy atom. The van der Waals surface area contributed by atoms with E-state index in [1.165, 1.54) is 0 Å². The highest BCUT2D eigenvalue weighted by Crippen LogP contribution is 2.36. The van der Waals surface area contributed by atoms with Gasteiger partial charge in [0.05, 0.1) is 5.75 Å². The fraction of sp³-hybridized carbons (Fsp3) is 0.200. The molecule has 1 aliphatic heterocycles. The van der Waals surface area contributed by atoms with Gasteiger partial charge in [-0.1, -0.05) is 29.5 Å². The molecule has 0 unspecified atom stereocenters. The first-order valence-electron chi connectivity index (χ1n) is 9.02. The number of carbonyl (C=O) groups excluding carboxylic acids is 2. The van der Waals surface area contributed by atoms with E-state index in [0.717, 1.165) is 22.9 Å². The molecule has 154 valence electrons. The molecule has 10 heteroatoms. The number of fused-ring (bicyclic) bond motifs is 1. The number of carbonyl (C=O) groups is 2. The Kier molecular flexibility index (Phi) is 5.57. The number of imide groups is 1. The van der Waals surface area contributed by atoms with Gasteiger partial charge in [-0.2, -0.15) is 0 Å². The average molecular weight is 426 g/mol. The standard InChI is InChI=1S/C20H18N4O5S/c1-11-3-5-14(12(2)7-11)21-19(26)22-17(25)9-30-20-24-23-18(29-20)13-4-6-15-16(8-13)28-10-27-15/h3-8H,9-10H2,1-2H3,(H2,21,22,25,26). The van der Waals surface area contributed by atoms with Crippen molar-refractivity contribution in [2.75, 3.05) is 17.9 Å². The van der Waals surface area contributed by atoms with Crippen LogP contribution in [-0.4, -0.2) is 34.7 Å². The molecule has 0 fully saturated rings. The zero-order valence-electron chi connectivity index (χ0n) is 16.2. The molecule has 0 bridgehead atoms. The van der Waals surface area contributed by atoms with Crippen LogP contribution in [0.25, 0.3) is 11.5 Å². The van der Waals surface area contributed by atoms with Crippen LogP contribution < -0.4 is 20.1 Å². The molecular weight excluding hydrogens is 408 g/mol. The fourth-order valence-electron chi connectivity index (χ4n) is 2.81. The number of hydrogen-bond acceptors (Lipinski definition) is 8. The van der Waals surface area contributed by atoms with Gasteiger partial charge in [-0.15, -0.1) is 10.2 Å². The number of aryl methyl sites for hydroxylation is 2. The van der Waals surface area contributed by atoms with Crippen molar-refractivity contribution in [3.63, 3.8) is 0 Å². The summed E-state index contributed by atoms with van der Waals surface area (Å²) in [5, 5.41) is 13.0. The number of thioether (sulfide) groups is 1. The van der Waals surface area contributed by atoms with Crippen LogP contribution in [0.5, 0.6) is 11.5 Å². The molecule has 1 aromatic heterocycles. The van der Waals surface area contributed by atoms with E-state index in [9.17, 15) is 9.59 Å². The van der Waals surface area contributed by atoms with E-state index < -0.39 is 11.9 Å². The summed E-state index contributed by atoms with van der Waals surface area (Å²) in [6, 6.07) is 10.3. The minimum Gasteiger partial charge on any atom is -0.454 e. The van der Waals surface area contributed by atoms with Crippen molar-refractivity contribution in [2.45, 2.75) is 19.1 Å². The van der Waals surface area contributed by atoms with E-state index >= 15 is 0 Å². The van der Waals surface area contributed by atoms with Crippen molar-refractivity contribution >= 4 is 29.4 Å². The molecule has 30 heavy (non-hydrogen) atoms. The van der Waals surface area contributed by atoms with Gasteiger partial charge in [0.25, 0.3) is 5.22 Å². The monoisotopic (exact) mass is 426 g/mol. The van der Waals surface area contributed by atoms with Gasteiger partial charge in [-0.05, 0) is 43.7 Å². The molecule has 2 aromatic carbocycles. The SMILES string of the molecule is Cc1ccc(NC(=O)NC(=O)CSc2nnc(-c3ccc4c(c3)OCO4)o2)c(C)c1. The van der Waals surface area contributed by atoms with Crippen LogP contribution in [0.4, 0.5) is 10.5 Å². The highest BCUT2D eigenvalue weighted by molar-refractivity contribution is 7.99. The predicted molar refractivity (Wildman–Crippen MR) is 110 cm³/mol. The molecule has 2 heterocycles. The Hall–Kier alpha value is -3.53. The first kappa shape index (κ1) is 19.8. The lowest BCUT2D eigenvalue weighted by Gasteiger charge is -2.09. The molecule has 0 radical (unpaired) electrons. The normalized spacial score (nSPS) is 11.9. The van der Waals surface area contributed by atoms with Gasteiger partial charge < -0.3 is 19.2 Å². The Morgan fingerprint density at radius 1 is 1.07 bits per heavy atom. The number of benzene rings is 2. The Morgan fingerprint density at radius 2 is 1.90 bits per heavy atom. The first-order valence-corrected chi connectivity index (χ1v) is 10.0. The number of hydrogen-bond donors (Lipinski definition) is 2. The summed E-state index contributed by atoms with van der Waals surface area (Å²) in [6.45, 7) is 4.02. The number of aromatic nitrogens is 2. The minimum atomic E-state index is -0.598. The summed E-state index contributed by atoms with van der Waals surface area (Å²) in [4.78, 5) is 24.1. The third-order valence-corrected chi connectivity index (χ3v) is 5.05. The maximum Gasteiger partial charge on any atom is 0.325 e. The highest BCUT2D eigenvalue weighted by Gasteiger charge is 2.17. The number of urea groups is 1. The molecule has 4 rings (SSSR count). The van der Waals surface area contributed by atoms with E-state index in [1.807, 2.05) is 26.0 Å². The van der Waals surface area contributed by atoms with E-state index in [4.69, 9.17) is 13.9 Å². The van der Waals surface area contributed by atoms with E-state index in [1.54, 1.807) is 24.3 Å². The lowest BCUT2D eigenvalue weighted by atomic mass is 10.1. The van der Waals surface area contributed by atoms with Crippen LogP contribution in [0.15, 0.2) is 46.0 Å². The molecule has 9 nitrogen and oxygen atoms in total. The van der Waals surface area contributed by atoms with E-state index in [-0.39, 0.29) is 17.8 Å². The third kappa shape index (κ3) is 4.54. The minimum absolute atomic E-state index is 0.0525. The van der Waals surface area contributed by atoms with Gasteiger partial charge in [0.1, 0.15) is 0 Å². The smallest absolute Gasteiger partial charge is 0.325 e. The Bertz CT molecular complexity index is 1110. The second-order valence-electron chi connectivity index (χ2n) is 6.55. The van der Waals surface area contributed by atoms with Crippen LogP contribution in [0, 0.1) is 13.8 Å². The molecule has 1 aliphatic rings. The second kappa shape index (κ2) is 8.46. The summed E-state index contributed by atoms with van der Waals surface area (Å²) in [5.41, 5.74) is 3.32. The van der Waals surface area contributed by atoms with Crippen molar-refractivity contribution in [3.05, 3.63) is 47.5 Å². The lowest BCUT2D eigenvalue weighted by Crippen LogP contribution is -2.35. The van der Waals surface area contributed by atoms with Crippen LogP contribution in [0.1, 0.15) is 11.1 Å². The van der Waals surface area contributed by atoms with Gasteiger partial charge in [0, 0.05) is 11.3 Å². The molecule has 0 spiro atoms. The molecule has 3 aromatic rings. The molecule has 0 atom stereocenters. The van der Waals surface area contributed by atoms with Gasteiger partial charge in [0.15, 0.2) is 11.5 Å². The number of ether oxygens (including phenoxy) is 2. The Balaban J connectivity index is 1.29. The first-order chi connectivity index (χ1) is 14.5. The summed E-state index contributed by atoms with van der Waals surface area (Å²) in [7, 11) is 0. The average Bonchev–Trinajstić information content (AvgIpc) is 3.37. The van der Waals surface area contributed by atoms with Crippen molar-refractivity contribution in [1.82, 2.24) is 15.5 Å². The number of amides is 3. The number of anilines is 1. The molecule has 3 amide bonds. The van der Waals surface area contributed by atoms with Gasteiger partial charge in [0.2, 0.25) is 18.6 Å². The molecule has 2 N–H and O–H groups in total. The number of nitrogens with one attached hydrogen (secondary N) is 2. The van der Waals surface area contributed by atoms with Gasteiger partial charge in [-0.3, -0.25) is 10.1 Å².